The maximum atomic E-state index is 11.4. The standard InChI is InChI=1S/C9H19NO2/c1-5-6-7-10(3)9(11)8(2)12-4/h8H,5-7H2,1-4H3. The predicted octanol–water partition coefficient (Wildman–Crippen LogP) is 1.28. The lowest BCUT2D eigenvalue weighted by Crippen LogP contribution is -2.36. The Kier molecular flexibility index (Phi) is 5.72. The molecule has 0 aliphatic heterocycles. The van der Waals surface area contributed by atoms with E-state index in [0.29, 0.717) is 0 Å². The second-order valence-corrected chi connectivity index (χ2v) is 2.99. The van der Waals surface area contributed by atoms with Gasteiger partial charge in [0.1, 0.15) is 6.10 Å². The van der Waals surface area contributed by atoms with Gasteiger partial charge in [0, 0.05) is 20.7 Å². The van der Waals surface area contributed by atoms with Crippen LogP contribution in [0.3, 0.4) is 0 Å². The maximum absolute atomic E-state index is 11.4. The summed E-state index contributed by atoms with van der Waals surface area (Å²) in [6, 6.07) is 0. The Morgan fingerprint density at radius 1 is 1.58 bits per heavy atom. The van der Waals surface area contributed by atoms with Crippen LogP contribution in [0.25, 0.3) is 0 Å². The molecule has 0 saturated heterocycles. The molecule has 0 saturated carbocycles. The van der Waals surface area contributed by atoms with E-state index < -0.39 is 0 Å². The summed E-state index contributed by atoms with van der Waals surface area (Å²) >= 11 is 0. The van der Waals surface area contributed by atoms with Gasteiger partial charge in [-0.05, 0) is 13.3 Å². The van der Waals surface area contributed by atoms with Gasteiger partial charge in [-0.2, -0.15) is 0 Å². The van der Waals surface area contributed by atoms with E-state index in [0.717, 1.165) is 19.4 Å². The number of rotatable bonds is 5. The summed E-state index contributed by atoms with van der Waals surface area (Å²) in [5.41, 5.74) is 0. The minimum absolute atomic E-state index is 0.0611. The van der Waals surface area contributed by atoms with Crippen LogP contribution < -0.4 is 0 Å². The number of ether oxygens (including phenoxy) is 1. The number of likely N-dealkylation sites (N-methyl/N-ethyl adjacent to an activating group) is 1. The Bertz CT molecular complexity index is 136. The number of hydrogen-bond acceptors (Lipinski definition) is 2. The fourth-order valence-corrected chi connectivity index (χ4v) is 0.917. The zero-order chi connectivity index (χ0) is 9.56. The average molecular weight is 173 g/mol. The van der Waals surface area contributed by atoms with E-state index in [-0.39, 0.29) is 12.0 Å². The number of amides is 1. The van der Waals surface area contributed by atoms with Crippen molar-refractivity contribution in [3.05, 3.63) is 0 Å². The van der Waals surface area contributed by atoms with Gasteiger partial charge in [-0.1, -0.05) is 13.3 Å². The first kappa shape index (κ1) is 11.4. The molecule has 0 rings (SSSR count). The summed E-state index contributed by atoms with van der Waals surface area (Å²) in [6.45, 7) is 4.70. The minimum Gasteiger partial charge on any atom is -0.372 e. The van der Waals surface area contributed by atoms with Gasteiger partial charge in [-0.25, -0.2) is 0 Å². The van der Waals surface area contributed by atoms with Gasteiger partial charge < -0.3 is 9.64 Å². The van der Waals surface area contributed by atoms with E-state index in [2.05, 4.69) is 6.92 Å². The summed E-state index contributed by atoms with van der Waals surface area (Å²) in [4.78, 5) is 13.1. The molecule has 0 aromatic heterocycles. The van der Waals surface area contributed by atoms with E-state index >= 15 is 0 Å². The molecule has 0 aromatic carbocycles. The van der Waals surface area contributed by atoms with Crippen molar-refractivity contribution in [2.45, 2.75) is 32.8 Å². The number of carbonyl (C=O) groups is 1. The lowest BCUT2D eigenvalue weighted by molar-refractivity contribution is -0.139. The van der Waals surface area contributed by atoms with Crippen LogP contribution in [0.5, 0.6) is 0 Å². The van der Waals surface area contributed by atoms with Crippen molar-refractivity contribution in [3.8, 4) is 0 Å². The molecule has 1 unspecified atom stereocenters. The van der Waals surface area contributed by atoms with Crippen molar-refractivity contribution < 1.29 is 9.53 Å². The quantitative estimate of drug-likeness (QED) is 0.626. The fourth-order valence-electron chi connectivity index (χ4n) is 0.917. The maximum Gasteiger partial charge on any atom is 0.251 e. The van der Waals surface area contributed by atoms with Gasteiger partial charge in [0.25, 0.3) is 5.91 Å². The molecule has 0 N–H and O–H groups in total. The molecule has 0 radical (unpaired) electrons. The number of nitrogens with zero attached hydrogens (tertiary/aromatic N) is 1. The third kappa shape index (κ3) is 3.72. The molecular weight excluding hydrogens is 154 g/mol. The molecule has 0 heterocycles. The first-order valence-corrected chi connectivity index (χ1v) is 4.41. The fraction of sp³-hybridized carbons (Fsp3) is 0.889. The second-order valence-electron chi connectivity index (χ2n) is 2.99. The Hall–Kier alpha value is -0.570. The van der Waals surface area contributed by atoms with Crippen LogP contribution in [-0.4, -0.2) is 37.6 Å². The smallest absolute Gasteiger partial charge is 0.251 e. The lowest BCUT2D eigenvalue weighted by Gasteiger charge is -2.19. The number of methoxy groups -OCH3 is 1. The molecule has 0 aromatic rings. The molecule has 3 nitrogen and oxygen atoms in total. The zero-order valence-corrected chi connectivity index (χ0v) is 8.46. The second kappa shape index (κ2) is 6.00. The van der Waals surface area contributed by atoms with Crippen molar-refractivity contribution >= 4 is 5.91 Å². The van der Waals surface area contributed by atoms with Crippen LogP contribution in [-0.2, 0) is 9.53 Å². The predicted molar refractivity (Wildman–Crippen MR) is 49.0 cm³/mol. The normalized spacial score (nSPS) is 12.7. The van der Waals surface area contributed by atoms with Gasteiger partial charge in [0.05, 0.1) is 0 Å². The summed E-state index contributed by atoms with van der Waals surface area (Å²) in [6.07, 6.45) is 1.85. The number of unbranched alkanes of at least 4 members (excludes halogenated alkanes) is 1. The number of hydrogen-bond donors (Lipinski definition) is 0. The van der Waals surface area contributed by atoms with Crippen molar-refractivity contribution in [2.75, 3.05) is 20.7 Å². The molecular formula is C9H19NO2. The van der Waals surface area contributed by atoms with E-state index in [1.807, 2.05) is 7.05 Å². The highest BCUT2D eigenvalue weighted by atomic mass is 16.5. The SMILES string of the molecule is CCCCN(C)C(=O)C(C)OC. The Morgan fingerprint density at radius 3 is 2.58 bits per heavy atom. The van der Waals surface area contributed by atoms with Gasteiger partial charge in [-0.15, -0.1) is 0 Å². The molecule has 72 valence electrons. The topological polar surface area (TPSA) is 29.5 Å². The van der Waals surface area contributed by atoms with Crippen LogP contribution >= 0.6 is 0 Å². The van der Waals surface area contributed by atoms with Gasteiger partial charge >= 0.3 is 0 Å². The molecule has 0 bridgehead atoms. The van der Waals surface area contributed by atoms with E-state index in [9.17, 15) is 4.79 Å². The van der Waals surface area contributed by atoms with E-state index in [4.69, 9.17) is 4.74 Å². The van der Waals surface area contributed by atoms with Crippen molar-refractivity contribution in [2.24, 2.45) is 0 Å². The Balaban J connectivity index is 3.75. The van der Waals surface area contributed by atoms with Crippen LogP contribution in [0.15, 0.2) is 0 Å². The highest BCUT2D eigenvalue weighted by Crippen LogP contribution is 1.98. The van der Waals surface area contributed by atoms with Gasteiger partial charge in [0.2, 0.25) is 0 Å². The van der Waals surface area contributed by atoms with Crippen molar-refractivity contribution in [3.63, 3.8) is 0 Å². The molecule has 3 heteroatoms. The highest BCUT2D eigenvalue weighted by molar-refractivity contribution is 5.80. The van der Waals surface area contributed by atoms with Crippen LogP contribution in [0.1, 0.15) is 26.7 Å². The Labute approximate surface area is 74.7 Å². The third-order valence-electron chi connectivity index (χ3n) is 1.92. The molecule has 1 atom stereocenters. The molecule has 0 aliphatic rings. The lowest BCUT2D eigenvalue weighted by atomic mass is 10.3. The summed E-state index contributed by atoms with van der Waals surface area (Å²) in [5.74, 6) is 0.0611. The molecule has 0 fully saturated rings. The largest absolute Gasteiger partial charge is 0.372 e. The van der Waals surface area contributed by atoms with Crippen molar-refractivity contribution in [1.29, 1.82) is 0 Å². The van der Waals surface area contributed by atoms with Gasteiger partial charge in [0.15, 0.2) is 0 Å². The molecule has 1 amide bonds. The van der Waals surface area contributed by atoms with Gasteiger partial charge in [-0.3, -0.25) is 4.79 Å². The average Bonchev–Trinajstić information content (AvgIpc) is 2.11. The first-order valence-electron chi connectivity index (χ1n) is 4.41. The van der Waals surface area contributed by atoms with Crippen LogP contribution in [0, 0.1) is 0 Å². The molecule has 0 aliphatic carbocycles. The monoisotopic (exact) mass is 173 g/mol. The Morgan fingerprint density at radius 2 is 2.17 bits per heavy atom. The summed E-state index contributed by atoms with van der Waals surface area (Å²) < 4.78 is 4.92. The zero-order valence-electron chi connectivity index (χ0n) is 8.46. The van der Waals surface area contributed by atoms with E-state index in [1.165, 1.54) is 0 Å². The number of carbonyl (C=O) groups excluding carboxylic acids is 1. The van der Waals surface area contributed by atoms with E-state index in [1.54, 1.807) is 18.9 Å². The first-order chi connectivity index (χ1) is 5.63. The van der Waals surface area contributed by atoms with Crippen molar-refractivity contribution in [1.82, 2.24) is 4.90 Å². The van der Waals surface area contributed by atoms with Crippen LogP contribution in [0.4, 0.5) is 0 Å². The summed E-state index contributed by atoms with van der Waals surface area (Å²) in [5, 5.41) is 0. The molecule has 12 heavy (non-hydrogen) atoms. The molecule has 0 spiro atoms. The van der Waals surface area contributed by atoms with Crippen LogP contribution in [0.2, 0.25) is 0 Å². The minimum atomic E-state index is -0.313. The highest BCUT2D eigenvalue weighted by Gasteiger charge is 2.15. The summed E-state index contributed by atoms with van der Waals surface area (Å²) in [7, 11) is 3.36. The third-order valence-corrected chi connectivity index (χ3v) is 1.92.